The molecule has 0 aliphatic heterocycles. The molecule has 1 aromatic carbocycles. The van der Waals surface area contributed by atoms with E-state index in [0.29, 0.717) is 6.42 Å². The van der Waals surface area contributed by atoms with Crippen molar-refractivity contribution in [2.24, 2.45) is 5.41 Å². The number of hydrogen-bond acceptors (Lipinski definition) is 2. The van der Waals surface area contributed by atoms with Crippen LogP contribution in [0.5, 0.6) is 0 Å². The van der Waals surface area contributed by atoms with E-state index in [1.54, 1.807) is 13.8 Å². The maximum Gasteiger partial charge on any atom is 0.309 e. The lowest BCUT2D eigenvalue weighted by atomic mass is 9.85. The predicted molar refractivity (Wildman–Crippen MR) is 65.4 cm³/mol. The SMILES string of the molecule is Cc1cc(CC(C)(C)C(=O)O)cc(N)c1C. The Morgan fingerprint density at radius 2 is 1.94 bits per heavy atom. The van der Waals surface area contributed by atoms with Crippen LogP contribution >= 0.6 is 0 Å². The van der Waals surface area contributed by atoms with Crippen molar-refractivity contribution in [3.63, 3.8) is 0 Å². The highest BCUT2D eigenvalue weighted by Crippen LogP contribution is 2.26. The molecule has 0 aromatic heterocycles. The van der Waals surface area contributed by atoms with E-state index >= 15 is 0 Å². The summed E-state index contributed by atoms with van der Waals surface area (Å²) in [5.41, 5.74) is 9.00. The van der Waals surface area contributed by atoms with Crippen LogP contribution in [-0.4, -0.2) is 11.1 Å². The zero-order valence-corrected chi connectivity index (χ0v) is 10.3. The zero-order valence-electron chi connectivity index (χ0n) is 10.3. The number of aryl methyl sites for hydroxylation is 1. The topological polar surface area (TPSA) is 63.3 Å². The van der Waals surface area contributed by atoms with E-state index in [0.717, 1.165) is 22.4 Å². The van der Waals surface area contributed by atoms with Gasteiger partial charge >= 0.3 is 5.97 Å². The zero-order chi connectivity index (χ0) is 12.5. The second-order valence-corrected chi connectivity index (χ2v) is 4.99. The van der Waals surface area contributed by atoms with Gasteiger partial charge in [0.2, 0.25) is 0 Å². The number of benzene rings is 1. The van der Waals surface area contributed by atoms with E-state index in [9.17, 15) is 4.79 Å². The molecule has 0 radical (unpaired) electrons. The van der Waals surface area contributed by atoms with Gasteiger partial charge in [0.1, 0.15) is 0 Å². The highest BCUT2D eigenvalue weighted by Gasteiger charge is 2.27. The predicted octanol–water partition coefficient (Wildman–Crippen LogP) is 2.54. The number of aliphatic carboxylic acids is 1. The quantitative estimate of drug-likeness (QED) is 0.771. The van der Waals surface area contributed by atoms with E-state index in [1.165, 1.54) is 0 Å². The monoisotopic (exact) mass is 221 g/mol. The Morgan fingerprint density at radius 1 is 1.38 bits per heavy atom. The molecule has 3 heteroatoms. The van der Waals surface area contributed by atoms with Crippen LogP contribution in [0, 0.1) is 19.3 Å². The molecule has 0 aliphatic rings. The van der Waals surface area contributed by atoms with Gasteiger partial charge in [-0.3, -0.25) is 4.79 Å². The second-order valence-electron chi connectivity index (χ2n) is 4.99. The normalized spacial score (nSPS) is 11.5. The minimum Gasteiger partial charge on any atom is -0.481 e. The number of nitrogens with two attached hydrogens (primary N) is 1. The van der Waals surface area contributed by atoms with Crippen LogP contribution in [-0.2, 0) is 11.2 Å². The number of anilines is 1. The van der Waals surface area contributed by atoms with Crippen molar-refractivity contribution in [1.29, 1.82) is 0 Å². The lowest BCUT2D eigenvalue weighted by Gasteiger charge is -2.20. The van der Waals surface area contributed by atoms with Gasteiger partial charge in [-0.15, -0.1) is 0 Å². The Balaban J connectivity index is 3.04. The van der Waals surface area contributed by atoms with Crippen LogP contribution in [0.2, 0.25) is 0 Å². The van der Waals surface area contributed by atoms with Crippen molar-refractivity contribution in [1.82, 2.24) is 0 Å². The first-order valence-corrected chi connectivity index (χ1v) is 5.33. The highest BCUT2D eigenvalue weighted by molar-refractivity contribution is 5.74. The summed E-state index contributed by atoms with van der Waals surface area (Å²) in [4.78, 5) is 11.0. The first kappa shape index (κ1) is 12.6. The molecule has 0 spiro atoms. The van der Waals surface area contributed by atoms with Gasteiger partial charge in [-0.2, -0.15) is 0 Å². The molecule has 1 rings (SSSR count). The van der Waals surface area contributed by atoms with Crippen LogP contribution in [0.3, 0.4) is 0 Å². The van der Waals surface area contributed by atoms with Gasteiger partial charge in [0.05, 0.1) is 5.41 Å². The summed E-state index contributed by atoms with van der Waals surface area (Å²) >= 11 is 0. The van der Waals surface area contributed by atoms with Crippen LogP contribution in [0.1, 0.15) is 30.5 Å². The molecule has 0 atom stereocenters. The van der Waals surface area contributed by atoms with Gasteiger partial charge in [0, 0.05) is 5.69 Å². The Hall–Kier alpha value is -1.51. The number of carbonyl (C=O) groups is 1. The minimum absolute atomic E-state index is 0.494. The van der Waals surface area contributed by atoms with Crippen molar-refractivity contribution in [2.75, 3.05) is 5.73 Å². The Kier molecular flexibility index (Phi) is 3.27. The van der Waals surface area contributed by atoms with Gasteiger partial charge in [-0.05, 0) is 56.9 Å². The molecule has 0 fully saturated rings. The molecule has 0 aliphatic carbocycles. The largest absolute Gasteiger partial charge is 0.481 e. The Bertz CT molecular complexity index is 399. The summed E-state index contributed by atoms with van der Waals surface area (Å²) in [6.45, 7) is 7.40. The maximum absolute atomic E-state index is 11.0. The van der Waals surface area contributed by atoms with Crippen molar-refractivity contribution >= 4 is 11.7 Å². The number of hydrogen-bond donors (Lipinski definition) is 2. The van der Waals surface area contributed by atoms with E-state index in [-0.39, 0.29) is 0 Å². The molecule has 3 nitrogen and oxygen atoms in total. The second kappa shape index (κ2) is 4.16. The summed E-state index contributed by atoms with van der Waals surface area (Å²) in [5, 5.41) is 9.06. The van der Waals surface area contributed by atoms with Crippen molar-refractivity contribution in [3.05, 3.63) is 28.8 Å². The third-order valence-corrected chi connectivity index (χ3v) is 2.99. The van der Waals surface area contributed by atoms with Gasteiger partial charge in [-0.25, -0.2) is 0 Å². The molecule has 0 saturated carbocycles. The molecular weight excluding hydrogens is 202 g/mol. The molecule has 0 bridgehead atoms. The van der Waals surface area contributed by atoms with Gasteiger partial charge in [-0.1, -0.05) is 6.07 Å². The van der Waals surface area contributed by atoms with Crippen LogP contribution in [0.4, 0.5) is 5.69 Å². The summed E-state index contributed by atoms with van der Waals surface area (Å²) in [7, 11) is 0. The van der Waals surface area contributed by atoms with Crippen molar-refractivity contribution < 1.29 is 9.90 Å². The fraction of sp³-hybridized carbons (Fsp3) is 0.462. The molecule has 0 saturated heterocycles. The molecule has 16 heavy (non-hydrogen) atoms. The van der Waals surface area contributed by atoms with E-state index in [2.05, 4.69) is 0 Å². The number of carboxylic acid groups (broad SMARTS) is 1. The standard InChI is InChI=1S/C13H19NO2/c1-8-5-10(6-11(14)9(8)2)7-13(3,4)12(15)16/h5-6H,7,14H2,1-4H3,(H,15,16). The lowest BCUT2D eigenvalue weighted by molar-refractivity contribution is -0.146. The van der Waals surface area contributed by atoms with Gasteiger partial charge in [0.15, 0.2) is 0 Å². The fourth-order valence-corrected chi connectivity index (χ4v) is 1.65. The van der Waals surface area contributed by atoms with Gasteiger partial charge < -0.3 is 10.8 Å². The molecule has 1 aromatic rings. The van der Waals surface area contributed by atoms with E-state index < -0.39 is 11.4 Å². The number of rotatable bonds is 3. The van der Waals surface area contributed by atoms with Crippen LogP contribution < -0.4 is 5.73 Å². The smallest absolute Gasteiger partial charge is 0.309 e. The number of nitrogen functional groups attached to an aromatic ring is 1. The van der Waals surface area contributed by atoms with Crippen LogP contribution in [0.15, 0.2) is 12.1 Å². The summed E-state index contributed by atoms with van der Waals surface area (Å²) < 4.78 is 0. The summed E-state index contributed by atoms with van der Waals surface area (Å²) in [6.07, 6.45) is 0.494. The van der Waals surface area contributed by atoms with E-state index in [4.69, 9.17) is 10.8 Å². The van der Waals surface area contributed by atoms with Crippen molar-refractivity contribution in [2.45, 2.75) is 34.1 Å². The average Bonchev–Trinajstić information content (AvgIpc) is 2.13. The average molecular weight is 221 g/mol. The number of carboxylic acids is 1. The Morgan fingerprint density at radius 3 is 2.38 bits per heavy atom. The highest BCUT2D eigenvalue weighted by atomic mass is 16.4. The first-order valence-electron chi connectivity index (χ1n) is 5.33. The third-order valence-electron chi connectivity index (χ3n) is 2.99. The molecular formula is C13H19NO2. The lowest BCUT2D eigenvalue weighted by Crippen LogP contribution is -2.26. The maximum atomic E-state index is 11.0. The van der Waals surface area contributed by atoms with Crippen LogP contribution in [0.25, 0.3) is 0 Å². The van der Waals surface area contributed by atoms with E-state index in [1.807, 2.05) is 26.0 Å². The molecule has 0 unspecified atom stereocenters. The first-order chi connectivity index (χ1) is 7.24. The molecule has 3 N–H and O–H groups in total. The fourth-order valence-electron chi connectivity index (χ4n) is 1.65. The summed E-state index contributed by atoms with van der Waals surface area (Å²) in [6, 6.07) is 3.88. The minimum atomic E-state index is -0.788. The van der Waals surface area contributed by atoms with Crippen molar-refractivity contribution in [3.8, 4) is 0 Å². The van der Waals surface area contributed by atoms with Gasteiger partial charge in [0.25, 0.3) is 0 Å². The third kappa shape index (κ3) is 2.54. The molecule has 88 valence electrons. The molecule has 0 heterocycles. The Labute approximate surface area is 96.3 Å². The molecule has 0 amide bonds. The summed E-state index contributed by atoms with van der Waals surface area (Å²) in [5.74, 6) is -0.788.